The summed E-state index contributed by atoms with van der Waals surface area (Å²) >= 11 is 0. The fourth-order valence-corrected chi connectivity index (χ4v) is 2.81. The van der Waals surface area contributed by atoms with Crippen LogP contribution in [0, 0.1) is 0 Å². The molecule has 9 heteroatoms. The Morgan fingerprint density at radius 1 is 1.07 bits per heavy atom. The smallest absolute Gasteiger partial charge is 0.321 e. The zero-order valence-electron chi connectivity index (χ0n) is 6.68. The van der Waals surface area contributed by atoms with Crippen LogP contribution in [0.5, 0.6) is 0 Å². The van der Waals surface area contributed by atoms with Gasteiger partial charge in [-0.3, -0.25) is 9.13 Å². The Morgan fingerprint density at radius 2 is 1.64 bits per heavy atom. The Kier molecular flexibility index (Phi) is 2.92. The Bertz CT molecular complexity index is 393. The van der Waals surface area contributed by atoms with E-state index in [9.17, 15) is 9.13 Å². The van der Waals surface area contributed by atoms with Crippen molar-refractivity contribution in [2.75, 3.05) is 0 Å². The van der Waals surface area contributed by atoms with Gasteiger partial charge in [-0.25, -0.2) is 4.98 Å². The molecule has 0 amide bonds. The molecule has 0 aliphatic rings. The van der Waals surface area contributed by atoms with Crippen molar-refractivity contribution in [3.8, 4) is 0 Å². The van der Waals surface area contributed by atoms with Crippen LogP contribution in [-0.4, -0.2) is 24.6 Å². The van der Waals surface area contributed by atoms with Gasteiger partial charge in [0.15, 0.2) is 5.44 Å². The molecule has 7 nitrogen and oxygen atoms in total. The zero-order valence-corrected chi connectivity index (χ0v) is 8.47. The predicted octanol–water partition coefficient (Wildman–Crippen LogP) is -1.31. The van der Waals surface area contributed by atoms with Crippen LogP contribution in [0.1, 0.15) is 0 Å². The summed E-state index contributed by atoms with van der Waals surface area (Å²) < 4.78 is 21.6. The second-order valence-corrected chi connectivity index (χ2v) is 5.52. The maximum atomic E-state index is 10.8. The first-order valence-electron chi connectivity index (χ1n) is 3.30. The minimum absolute atomic E-state index is 0.742. The predicted molar refractivity (Wildman–Crippen MR) is 47.6 cm³/mol. The molecule has 0 atom stereocenters. The molecule has 1 aromatic rings. The molecule has 4 N–H and O–H groups in total. The summed E-state index contributed by atoms with van der Waals surface area (Å²) in [4.78, 5) is 38.3. The molecule has 0 aliphatic heterocycles. The molecule has 0 fully saturated rings. The minimum Gasteiger partial charge on any atom is -0.321 e. The highest BCUT2D eigenvalue weighted by molar-refractivity contribution is 7.66. The van der Waals surface area contributed by atoms with Crippen LogP contribution in [0.2, 0.25) is 0 Å². The lowest BCUT2D eigenvalue weighted by Gasteiger charge is -2.09. The minimum atomic E-state index is -4.76. The lowest BCUT2D eigenvalue weighted by atomic mass is 10.5. The van der Waals surface area contributed by atoms with Crippen LogP contribution in [0.25, 0.3) is 0 Å². The van der Waals surface area contributed by atoms with Crippen LogP contribution in [0.15, 0.2) is 18.3 Å². The molecule has 1 heterocycles. The maximum absolute atomic E-state index is 10.8. The van der Waals surface area contributed by atoms with E-state index in [4.69, 9.17) is 19.6 Å². The van der Waals surface area contributed by atoms with Gasteiger partial charge in [0.2, 0.25) is 0 Å². The summed E-state index contributed by atoms with van der Waals surface area (Å²) in [6.07, 6.45) is 1.05. The van der Waals surface area contributed by atoms with E-state index >= 15 is 0 Å². The summed E-state index contributed by atoms with van der Waals surface area (Å²) in [5.41, 5.74) is -0.881. The number of aromatic nitrogens is 1. The van der Waals surface area contributed by atoms with Crippen LogP contribution in [-0.2, 0) is 9.13 Å². The zero-order chi connectivity index (χ0) is 11.0. The van der Waals surface area contributed by atoms with Gasteiger partial charge in [-0.2, -0.15) is 0 Å². The molecule has 1 aromatic heterocycles. The first kappa shape index (κ1) is 11.5. The van der Waals surface area contributed by atoms with Crippen molar-refractivity contribution in [3.63, 3.8) is 0 Å². The SMILES string of the molecule is O=P(O)(O)c1cccnc1P(=O)(O)O. The summed E-state index contributed by atoms with van der Waals surface area (Å²) in [7, 11) is -9.46. The molecule has 0 radical (unpaired) electrons. The monoisotopic (exact) mass is 239 g/mol. The third-order valence-electron chi connectivity index (χ3n) is 1.36. The van der Waals surface area contributed by atoms with E-state index in [1.807, 2.05) is 0 Å². The molecule has 14 heavy (non-hydrogen) atoms. The van der Waals surface area contributed by atoms with Crippen molar-refractivity contribution in [2.24, 2.45) is 0 Å². The van der Waals surface area contributed by atoms with E-state index in [0.717, 1.165) is 12.3 Å². The third kappa shape index (κ3) is 2.48. The third-order valence-corrected chi connectivity index (χ3v) is 3.43. The Morgan fingerprint density at radius 3 is 2.00 bits per heavy atom. The summed E-state index contributed by atoms with van der Waals surface area (Å²) in [5, 5.41) is -0.742. The van der Waals surface area contributed by atoms with E-state index in [0.29, 0.717) is 0 Å². The maximum Gasteiger partial charge on any atom is 0.375 e. The van der Waals surface area contributed by atoms with E-state index in [-0.39, 0.29) is 0 Å². The van der Waals surface area contributed by atoms with Crippen molar-refractivity contribution in [3.05, 3.63) is 18.3 Å². The molecule has 0 saturated carbocycles. The van der Waals surface area contributed by atoms with Gasteiger partial charge in [-0.1, -0.05) is 0 Å². The van der Waals surface area contributed by atoms with Crippen LogP contribution >= 0.6 is 15.2 Å². The van der Waals surface area contributed by atoms with Gasteiger partial charge in [0.25, 0.3) is 0 Å². The van der Waals surface area contributed by atoms with Crippen molar-refractivity contribution in [1.82, 2.24) is 4.98 Å². The van der Waals surface area contributed by atoms with Gasteiger partial charge in [0.05, 0.1) is 5.30 Å². The van der Waals surface area contributed by atoms with Gasteiger partial charge in [0, 0.05) is 6.20 Å². The van der Waals surface area contributed by atoms with Crippen molar-refractivity contribution < 1.29 is 28.7 Å². The second-order valence-electron chi connectivity index (χ2n) is 2.43. The Labute approximate surface area is 78.8 Å². The molecular weight excluding hydrogens is 232 g/mol. The highest BCUT2D eigenvalue weighted by atomic mass is 31.2. The lowest BCUT2D eigenvalue weighted by molar-refractivity contribution is 0.380. The van der Waals surface area contributed by atoms with Crippen LogP contribution < -0.4 is 10.7 Å². The molecule has 0 aromatic carbocycles. The number of hydrogen-bond donors (Lipinski definition) is 4. The molecule has 0 saturated heterocycles. The summed E-state index contributed by atoms with van der Waals surface area (Å²) in [6.45, 7) is 0. The molecule has 1 rings (SSSR count). The largest absolute Gasteiger partial charge is 0.375 e. The summed E-state index contributed by atoms with van der Waals surface area (Å²) in [5.74, 6) is 0. The Hall–Kier alpha value is -0.550. The molecule has 0 bridgehead atoms. The average Bonchev–Trinajstić information content (AvgIpc) is 2.01. The standard InChI is InChI=1S/C5H7NO6P2/c7-13(8,9)4-2-1-3-6-5(4)14(10,11)12/h1-3H,(H2,7,8,9)(H2,10,11,12). The van der Waals surface area contributed by atoms with Gasteiger partial charge < -0.3 is 19.6 Å². The number of nitrogens with zero attached hydrogens (tertiary/aromatic N) is 1. The first-order chi connectivity index (χ1) is 6.23. The Balaban J connectivity index is 3.47. The second kappa shape index (κ2) is 3.55. The normalized spacial score (nSPS) is 12.9. The lowest BCUT2D eigenvalue weighted by Crippen LogP contribution is -2.27. The van der Waals surface area contributed by atoms with Crippen molar-refractivity contribution in [2.45, 2.75) is 0 Å². The van der Waals surface area contributed by atoms with E-state index in [1.165, 1.54) is 6.07 Å². The highest BCUT2D eigenvalue weighted by Crippen LogP contribution is 2.38. The molecule has 78 valence electrons. The number of hydrogen-bond acceptors (Lipinski definition) is 3. The van der Waals surface area contributed by atoms with E-state index in [1.54, 1.807) is 0 Å². The fourth-order valence-electron chi connectivity index (χ4n) is 0.840. The van der Waals surface area contributed by atoms with Gasteiger partial charge in [-0.15, -0.1) is 0 Å². The van der Waals surface area contributed by atoms with Gasteiger partial charge >= 0.3 is 15.2 Å². The average molecular weight is 239 g/mol. The van der Waals surface area contributed by atoms with Crippen LogP contribution in [0.4, 0.5) is 0 Å². The highest BCUT2D eigenvalue weighted by Gasteiger charge is 2.31. The van der Waals surface area contributed by atoms with E-state index in [2.05, 4.69) is 4.98 Å². The van der Waals surface area contributed by atoms with Gasteiger partial charge in [0.1, 0.15) is 0 Å². The fraction of sp³-hybridized carbons (Fsp3) is 0. The topological polar surface area (TPSA) is 128 Å². The molecule has 0 aliphatic carbocycles. The quantitative estimate of drug-likeness (QED) is 0.471. The van der Waals surface area contributed by atoms with Crippen molar-refractivity contribution in [1.29, 1.82) is 0 Å². The van der Waals surface area contributed by atoms with E-state index < -0.39 is 25.9 Å². The number of rotatable bonds is 2. The van der Waals surface area contributed by atoms with Gasteiger partial charge in [-0.05, 0) is 12.1 Å². The van der Waals surface area contributed by atoms with Crippen molar-refractivity contribution >= 4 is 25.9 Å². The number of pyridine rings is 1. The molecule has 0 spiro atoms. The molecular formula is C5H7NO6P2. The summed E-state index contributed by atoms with van der Waals surface area (Å²) in [6, 6.07) is 2.12. The molecule has 0 unspecified atom stereocenters. The van der Waals surface area contributed by atoms with Crippen LogP contribution in [0.3, 0.4) is 0 Å². The first-order valence-corrected chi connectivity index (χ1v) is 6.52.